The van der Waals surface area contributed by atoms with Gasteiger partial charge in [-0.1, -0.05) is 35.9 Å². The van der Waals surface area contributed by atoms with Gasteiger partial charge in [0.1, 0.15) is 5.82 Å². The van der Waals surface area contributed by atoms with Crippen molar-refractivity contribution < 1.29 is 8.57 Å². The summed E-state index contributed by atoms with van der Waals surface area (Å²) >= 11 is 7.32. The van der Waals surface area contributed by atoms with Crippen LogP contribution in [0.1, 0.15) is 18.1 Å². The number of rotatable bonds is 5. The number of hydrogen-bond acceptors (Lipinski definition) is 6. The lowest BCUT2D eigenvalue weighted by Gasteiger charge is -2.22. The molecular formula is C19H20ClFN4OS. The molecule has 142 valence electrons. The molecule has 5 nitrogen and oxygen atoms in total. The minimum Gasteiger partial charge on any atom is -0.407 e. The van der Waals surface area contributed by atoms with Crippen LogP contribution in [0.25, 0.3) is 0 Å². The molecule has 0 atom stereocenters. The average molecular weight is 407 g/mol. The lowest BCUT2D eigenvalue weighted by atomic mass is 10.2. The van der Waals surface area contributed by atoms with E-state index in [0.29, 0.717) is 23.9 Å². The molecule has 2 aromatic carbocycles. The molecule has 27 heavy (non-hydrogen) atoms. The van der Waals surface area contributed by atoms with Gasteiger partial charge in [-0.05, 0) is 43.8 Å². The maximum atomic E-state index is 13.0. The van der Waals surface area contributed by atoms with Crippen molar-refractivity contribution in [2.24, 2.45) is 5.10 Å². The summed E-state index contributed by atoms with van der Waals surface area (Å²) in [5, 5.41) is 5.00. The highest BCUT2D eigenvalue weighted by Gasteiger charge is 2.15. The Bertz CT molecular complexity index is 857. The van der Waals surface area contributed by atoms with Crippen LogP contribution in [0.3, 0.4) is 0 Å². The van der Waals surface area contributed by atoms with Crippen LogP contribution < -0.4 is 10.1 Å². The van der Waals surface area contributed by atoms with Gasteiger partial charge < -0.3 is 4.18 Å². The van der Waals surface area contributed by atoms with E-state index >= 15 is 0 Å². The van der Waals surface area contributed by atoms with Crippen molar-refractivity contribution in [1.29, 1.82) is 0 Å². The Morgan fingerprint density at radius 1 is 1.15 bits per heavy atom. The molecule has 0 bridgehead atoms. The van der Waals surface area contributed by atoms with E-state index in [2.05, 4.69) is 20.1 Å². The summed E-state index contributed by atoms with van der Waals surface area (Å²) in [6.45, 7) is 3.15. The first-order chi connectivity index (χ1) is 13.0. The van der Waals surface area contributed by atoms with Gasteiger partial charge in [0.25, 0.3) is 0 Å². The molecule has 2 N–H and O–H groups in total. The zero-order valence-corrected chi connectivity index (χ0v) is 16.6. The van der Waals surface area contributed by atoms with Gasteiger partial charge in [0, 0.05) is 12.1 Å². The molecule has 1 aliphatic heterocycles. The van der Waals surface area contributed by atoms with Gasteiger partial charge in [-0.2, -0.15) is 5.10 Å². The van der Waals surface area contributed by atoms with E-state index in [-0.39, 0.29) is 5.82 Å². The third kappa shape index (κ3) is 5.38. The predicted molar refractivity (Wildman–Crippen MR) is 108 cm³/mol. The Morgan fingerprint density at radius 2 is 1.89 bits per heavy atom. The number of nitrogens with one attached hydrogen (secondary N) is 2. The van der Waals surface area contributed by atoms with E-state index in [0.717, 1.165) is 34.8 Å². The lowest BCUT2D eigenvalue weighted by molar-refractivity contribution is 0.303. The molecule has 1 aliphatic rings. The molecule has 0 saturated heterocycles. The van der Waals surface area contributed by atoms with E-state index in [1.807, 2.05) is 38.2 Å². The van der Waals surface area contributed by atoms with Crippen molar-refractivity contribution in [2.75, 3.05) is 13.6 Å². The normalized spacial score (nSPS) is 19.2. The zero-order chi connectivity index (χ0) is 19.2. The minimum atomic E-state index is -0.234. The largest absolute Gasteiger partial charge is 0.407 e. The highest BCUT2D eigenvalue weighted by Crippen LogP contribution is 2.20. The Balaban J connectivity index is 1.67. The summed E-state index contributed by atoms with van der Waals surface area (Å²) in [6.07, 6.45) is 0. The first-order valence-corrected chi connectivity index (χ1v) is 9.46. The molecule has 3 rings (SSSR count). The van der Waals surface area contributed by atoms with Gasteiger partial charge in [-0.3, -0.25) is 15.0 Å². The molecule has 0 radical (unpaired) electrons. The third-order valence-electron chi connectivity index (χ3n) is 3.94. The molecule has 0 fully saturated rings. The van der Waals surface area contributed by atoms with Gasteiger partial charge >= 0.3 is 0 Å². The Kier molecular flexibility index (Phi) is 6.60. The first-order valence-electron chi connectivity index (χ1n) is 8.34. The second kappa shape index (κ2) is 9.12. The fourth-order valence-corrected chi connectivity index (χ4v) is 3.29. The molecule has 0 aromatic heterocycles. The van der Waals surface area contributed by atoms with Crippen molar-refractivity contribution in [3.63, 3.8) is 0 Å². The van der Waals surface area contributed by atoms with Crippen LogP contribution in [0.5, 0.6) is 0 Å². The molecule has 1 heterocycles. The van der Waals surface area contributed by atoms with Gasteiger partial charge in [0.05, 0.1) is 17.3 Å². The van der Waals surface area contributed by atoms with Gasteiger partial charge in [0.15, 0.2) is 23.8 Å². The van der Waals surface area contributed by atoms with E-state index in [1.165, 1.54) is 12.1 Å². The van der Waals surface area contributed by atoms with Crippen LogP contribution >= 0.6 is 23.8 Å². The highest BCUT2D eigenvalue weighted by molar-refractivity contribution is 7.93. The van der Waals surface area contributed by atoms with Gasteiger partial charge in [0.2, 0.25) is 0 Å². The highest BCUT2D eigenvalue weighted by atomic mass is 35.5. The van der Waals surface area contributed by atoms with Crippen molar-refractivity contribution >= 4 is 29.7 Å². The lowest BCUT2D eigenvalue weighted by Crippen LogP contribution is -2.28. The summed E-state index contributed by atoms with van der Waals surface area (Å²) < 4.78 is 21.9. The van der Waals surface area contributed by atoms with Crippen LogP contribution in [0, 0.1) is 5.82 Å². The topological polar surface area (TPSA) is 48.9 Å². The summed E-state index contributed by atoms with van der Waals surface area (Å²) in [5.41, 5.74) is 5.64. The molecule has 8 heteroatoms. The van der Waals surface area contributed by atoms with Gasteiger partial charge in [-0.15, -0.1) is 0 Å². The van der Waals surface area contributed by atoms with E-state index in [1.54, 1.807) is 12.1 Å². The second-order valence-electron chi connectivity index (χ2n) is 6.17. The van der Waals surface area contributed by atoms with Crippen LogP contribution in [-0.4, -0.2) is 24.3 Å². The second-order valence-corrected chi connectivity index (χ2v) is 7.11. The Morgan fingerprint density at radius 3 is 2.63 bits per heavy atom. The Labute approximate surface area is 167 Å². The van der Waals surface area contributed by atoms with Crippen molar-refractivity contribution in [3.8, 4) is 0 Å². The minimum absolute atomic E-state index is 0.234. The summed E-state index contributed by atoms with van der Waals surface area (Å²) in [7, 11) is 1.97. The van der Waals surface area contributed by atoms with Crippen molar-refractivity contribution in [3.05, 3.63) is 82.0 Å². The summed E-state index contributed by atoms with van der Waals surface area (Å²) in [6, 6.07) is 13.9. The van der Waals surface area contributed by atoms with Gasteiger partial charge in [-0.25, -0.2) is 4.39 Å². The number of amidine groups is 1. The Hall–Kier alpha value is -2.22. The number of likely N-dealkylation sites (N-methyl/N-ethyl adjacent to an activating group) is 1. The monoisotopic (exact) mass is 406 g/mol. The number of nitrogens with zero attached hydrogens (tertiary/aromatic N) is 2. The van der Waals surface area contributed by atoms with Crippen LogP contribution in [0.4, 0.5) is 4.39 Å². The summed E-state index contributed by atoms with van der Waals surface area (Å²) in [5.74, 6) is 1.10. The van der Waals surface area contributed by atoms with Crippen molar-refractivity contribution in [1.82, 2.24) is 15.0 Å². The standard InChI is InChI=1S/C19H20ClFN4OS/c1-13-18(12-25(2)11-14-7-9-15(21)10-8-14)26-27-24-19(23-22-13)16-5-3-4-6-17(16)20/h3-10,22H,11-12H2,1-2H3,(H,23,24)/b18-13-. The van der Waals surface area contributed by atoms with Crippen LogP contribution in [-0.2, 0) is 10.7 Å². The SMILES string of the molecule is C/C1=C(\CN(C)Cc2ccc(F)cc2)OSN/C(c2ccccc2Cl)=N\N1. The number of allylic oxidation sites excluding steroid dienone is 1. The molecule has 0 amide bonds. The molecule has 2 aromatic rings. The first kappa shape index (κ1) is 19.5. The third-order valence-corrected chi connectivity index (χ3v) is 4.83. The molecule has 0 unspecified atom stereocenters. The maximum Gasteiger partial charge on any atom is 0.177 e. The zero-order valence-electron chi connectivity index (χ0n) is 15.0. The maximum absolute atomic E-state index is 13.0. The smallest absolute Gasteiger partial charge is 0.177 e. The van der Waals surface area contributed by atoms with E-state index < -0.39 is 0 Å². The molecular weight excluding hydrogens is 387 g/mol. The fraction of sp³-hybridized carbons (Fsp3) is 0.211. The quantitative estimate of drug-likeness (QED) is 0.573. The molecule has 0 saturated carbocycles. The fourth-order valence-electron chi connectivity index (χ4n) is 2.51. The van der Waals surface area contributed by atoms with E-state index in [4.69, 9.17) is 15.8 Å². The number of halogens is 2. The number of hydrogen-bond donors (Lipinski definition) is 2. The van der Waals surface area contributed by atoms with Crippen LogP contribution in [0.2, 0.25) is 5.02 Å². The summed E-state index contributed by atoms with van der Waals surface area (Å²) in [4.78, 5) is 2.08. The number of hydrazone groups is 1. The average Bonchev–Trinajstić information content (AvgIpc) is 2.64. The molecule has 0 spiro atoms. The number of benzene rings is 2. The van der Waals surface area contributed by atoms with E-state index in [9.17, 15) is 4.39 Å². The predicted octanol–water partition coefficient (Wildman–Crippen LogP) is 4.28. The van der Waals surface area contributed by atoms with Crippen LogP contribution in [0.15, 0.2) is 65.1 Å². The molecule has 0 aliphatic carbocycles. The van der Waals surface area contributed by atoms with Crippen molar-refractivity contribution in [2.45, 2.75) is 13.5 Å².